The maximum Gasteiger partial charge on any atom is 0.418 e. The standard InChI is InChI=1S/C12H9F3N2O2S2/c13-12(14,15)7-3-1-2-4-8(7)16-9(18)5-17-10(19)6-21-11(17)20/h1-4H,5-6H2,(H,16,18). The topological polar surface area (TPSA) is 49.4 Å². The van der Waals surface area contributed by atoms with Crippen LogP contribution < -0.4 is 5.32 Å². The molecule has 0 saturated carbocycles. The Morgan fingerprint density at radius 3 is 2.62 bits per heavy atom. The zero-order chi connectivity index (χ0) is 15.6. The van der Waals surface area contributed by atoms with E-state index in [1.807, 2.05) is 0 Å². The summed E-state index contributed by atoms with van der Waals surface area (Å²) in [4.78, 5) is 24.3. The lowest BCUT2D eigenvalue weighted by Crippen LogP contribution is -2.36. The first-order valence-corrected chi connectivity index (χ1v) is 7.11. The van der Waals surface area contributed by atoms with Gasteiger partial charge in [-0.15, -0.1) is 0 Å². The van der Waals surface area contributed by atoms with E-state index in [2.05, 4.69) is 5.32 Å². The molecule has 0 spiro atoms. The van der Waals surface area contributed by atoms with Crippen LogP contribution in [0.4, 0.5) is 18.9 Å². The Morgan fingerprint density at radius 2 is 2.05 bits per heavy atom. The van der Waals surface area contributed by atoms with E-state index < -0.39 is 24.2 Å². The van der Waals surface area contributed by atoms with E-state index in [1.165, 1.54) is 12.1 Å². The van der Waals surface area contributed by atoms with Gasteiger partial charge in [0.1, 0.15) is 10.9 Å². The number of thiocarbonyl (C=S) groups is 1. The van der Waals surface area contributed by atoms with Crippen LogP contribution in [-0.4, -0.2) is 33.3 Å². The fraction of sp³-hybridized carbons (Fsp3) is 0.250. The van der Waals surface area contributed by atoms with Crippen LogP contribution in [0.2, 0.25) is 0 Å². The SMILES string of the molecule is O=C(CN1C(=O)CSC1=S)Nc1ccccc1C(F)(F)F. The third kappa shape index (κ3) is 3.73. The summed E-state index contributed by atoms with van der Waals surface area (Å²) in [6.45, 7) is -0.392. The number of hydrogen-bond donors (Lipinski definition) is 1. The first kappa shape index (κ1) is 15.8. The highest BCUT2D eigenvalue weighted by Crippen LogP contribution is 2.34. The molecule has 21 heavy (non-hydrogen) atoms. The van der Waals surface area contributed by atoms with Crippen molar-refractivity contribution in [1.82, 2.24) is 4.90 Å². The van der Waals surface area contributed by atoms with Gasteiger partial charge in [-0.2, -0.15) is 13.2 Å². The van der Waals surface area contributed by atoms with Crippen LogP contribution in [0.3, 0.4) is 0 Å². The van der Waals surface area contributed by atoms with Crippen molar-refractivity contribution in [3.05, 3.63) is 29.8 Å². The lowest BCUT2D eigenvalue weighted by atomic mass is 10.1. The number of anilines is 1. The lowest BCUT2D eigenvalue weighted by Gasteiger charge is -2.16. The number of alkyl halides is 3. The molecule has 0 radical (unpaired) electrons. The number of para-hydroxylation sites is 1. The van der Waals surface area contributed by atoms with Crippen molar-refractivity contribution >= 4 is 45.8 Å². The molecule has 112 valence electrons. The Bertz CT molecular complexity index is 588. The fourth-order valence-corrected chi connectivity index (χ4v) is 2.77. The summed E-state index contributed by atoms with van der Waals surface area (Å²) in [5.74, 6) is -0.917. The summed E-state index contributed by atoms with van der Waals surface area (Å²) < 4.78 is 38.6. The molecule has 1 heterocycles. The van der Waals surface area contributed by atoms with Gasteiger partial charge in [0.25, 0.3) is 0 Å². The molecule has 2 rings (SSSR count). The minimum Gasteiger partial charge on any atom is -0.324 e. The fourth-order valence-electron chi connectivity index (χ4n) is 1.71. The Hall–Kier alpha value is -1.61. The van der Waals surface area contributed by atoms with E-state index in [9.17, 15) is 22.8 Å². The summed E-state index contributed by atoms with van der Waals surface area (Å²) >= 11 is 6.01. The predicted molar refractivity (Wildman–Crippen MR) is 76.8 cm³/mol. The van der Waals surface area contributed by atoms with Gasteiger partial charge in [0.2, 0.25) is 11.8 Å². The Kier molecular flexibility index (Phi) is 4.52. The molecule has 4 nitrogen and oxygen atoms in total. The van der Waals surface area contributed by atoms with Gasteiger partial charge < -0.3 is 5.32 Å². The molecule has 1 N–H and O–H groups in total. The van der Waals surface area contributed by atoms with Gasteiger partial charge in [-0.3, -0.25) is 14.5 Å². The highest BCUT2D eigenvalue weighted by molar-refractivity contribution is 8.23. The normalized spacial score (nSPS) is 15.5. The van der Waals surface area contributed by atoms with Crippen LogP contribution >= 0.6 is 24.0 Å². The Balaban J connectivity index is 2.10. The van der Waals surface area contributed by atoms with Crippen LogP contribution in [-0.2, 0) is 15.8 Å². The second kappa shape index (κ2) is 6.02. The molecular weight excluding hydrogens is 325 g/mol. The molecule has 1 fully saturated rings. The molecule has 1 aromatic rings. The third-order valence-electron chi connectivity index (χ3n) is 2.65. The van der Waals surface area contributed by atoms with E-state index in [0.717, 1.165) is 28.8 Å². The molecule has 0 atom stereocenters. The van der Waals surface area contributed by atoms with Gasteiger partial charge >= 0.3 is 6.18 Å². The largest absolute Gasteiger partial charge is 0.418 e. The molecule has 1 saturated heterocycles. The number of thioether (sulfide) groups is 1. The number of nitrogens with zero attached hydrogens (tertiary/aromatic N) is 1. The minimum absolute atomic E-state index is 0.144. The van der Waals surface area contributed by atoms with Crippen molar-refractivity contribution in [1.29, 1.82) is 0 Å². The highest BCUT2D eigenvalue weighted by Gasteiger charge is 2.34. The first-order valence-electron chi connectivity index (χ1n) is 5.72. The molecule has 0 aliphatic carbocycles. The minimum atomic E-state index is -4.57. The Morgan fingerprint density at radius 1 is 1.38 bits per heavy atom. The van der Waals surface area contributed by atoms with Crippen molar-refractivity contribution in [2.45, 2.75) is 6.18 Å². The highest BCUT2D eigenvalue weighted by atomic mass is 32.2. The number of nitrogens with one attached hydrogen (secondary N) is 1. The molecule has 0 unspecified atom stereocenters. The van der Waals surface area contributed by atoms with Crippen molar-refractivity contribution in [2.75, 3.05) is 17.6 Å². The van der Waals surface area contributed by atoms with E-state index in [4.69, 9.17) is 12.2 Å². The second-order valence-corrected chi connectivity index (χ2v) is 5.74. The van der Waals surface area contributed by atoms with Crippen molar-refractivity contribution in [2.24, 2.45) is 0 Å². The van der Waals surface area contributed by atoms with Crippen LogP contribution in [0.15, 0.2) is 24.3 Å². The number of rotatable bonds is 3. The molecular formula is C12H9F3N2O2S2. The smallest absolute Gasteiger partial charge is 0.324 e. The van der Waals surface area contributed by atoms with E-state index in [1.54, 1.807) is 0 Å². The molecule has 1 aromatic carbocycles. The number of amides is 2. The summed E-state index contributed by atoms with van der Waals surface area (Å²) in [5, 5.41) is 2.16. The molecule has 1 aliphatic rings. The number of benzene rings is 1. The van der Waals surface area contributed by atoms with Gasteiger partial charge in [0.15, 0.2) is 0 Å². The van der Waals surface area contributed by atoms with Gasteiger partial charge in [-0.05, 0) is 12.1 Å². The van der Waals surface area contributed by atoms with Crippen molar-refractivity contribution < 1.29 is 22.8 Å². The number of carbonyl (C=O) groups is 2. The van der Waals surface area contributed by atoms with Crippen LogP contribution in [0.5, 0.6) is 0 Å². The second-order valence-electron chi connectivity index (χ2n) is 4.13. The maximum absolute atomic E-state index is 12.8. The van der Waals surface area contributed by atoms with Crippen molar-refractivity contribution in [3.63, 3.8) is 0 Å². The molecule has 1 aliphatic heterocycles. The maximum atomic E-state index is 12.8. The van der Waals surface area contributed by atoms with Gasteiger partial charge in [0.05, 0.1) is 17.0 Å². The summed E-state index contributed by atoms with van der Waals surface area (Å²) in [5.41, 5.74) is -1.29. The van der Waals surface area contributed by atoms with Gasteiger partial charge in [0, 0.05) is 0 Å². The average Bonchev–Trinajstić information content (AvgIpc) is 2.70. The molecule has 9 heteroatoms. The van der Waals surface area contributed by atoms with Crippen molar-refractivity contribution in [3.8, 4) is 0 Å². The average molecular weight is 334 g/mol. The van der Waals surface area contributed by atoms with Crippen LogP contribution in [0.25, 0.3) is 0 Å². The number of halogens is 3. The third-order valence-corrected chi connectivity index (χ3v) is 4.08. The zero-order valence-electron chi connectivity index (χ0n) is 10.4. The van der Waals surface area contributed by atoms with E-state index >= 15 is 0 Å². The van der Waals surface area contributed by atoms with Gasteiger partial charge in [-0.1, -0.05) is 36.1 Å². The van der Waals surface area contributed by atoms with Crippen LogP contribution in [0, 0.1) is 0 Å². The number of hydrogen-bond acceptors (Lipinski definition) is 4. The quantitative estimate of drug-likeness (QED) is 0.863. The van der Waals surface area contributed by atoms with E-state index in [0.29, 0.717) is 0 Å². The monoisotopic (exact) mass is 334 g/mol. The molecule has 0 bridgehead atoms. The summed E-state index contributed by atoms with van der Waals surface area (Å²) in [6.07, 6.45) is -4.57. The first-order chi connectivity index (χ1) is 9.79. The number of carbonyl (C=O) groups excluding carboxylic acids is 2. The van der Waals surface area contributed by atoms with Crippen LogP contribution in [0.1, 0.15) is 5.56 Å². The Labute approximate surface area is 127 Å². The van der Waals surface area contributed by atoms with E-state index in [-0.39, 0.29) is 21.7 Å². The summed E-state index contributed by atoms with van der Waals surface area (Å²) in [6, 6.07) is 4.64. The zero-order valence-corrected chi connectivity index (χ0v) is 12.1. The lowest BCUT2D eigenvalue weighted by molar-refractivity contribution is -0.137. The molecule has 2 amide bonds. The predicted octanol–water partition coefficient (Wildman–Crippen LogP) is 2.50. The summed E-state index contributed by atoms with van der Waals surface area (Å²) in [7, 11) is 0. The van der Waals surface area contributed by atoms with Gasteiger partial charge in [-0.25, -0.2) is 0 Å². The molecule has 0 aromatic heterocycles.